The summed E-state index contributed by atoms with van der Waals surface area (Å²) in [6, 6.07) is 0.381. The lowest BCUT2D eigenvalue weighted by molar-refractivity contribution is 0.108. The predicted molar refractivity (Wildman–Crippen MR) is 74.0 cm³/mol. The molecule has 1 aliphatic rings. The standard InChI is InChI=1S/C13H18N6O/c1-2-6-15-11-16-12(19-8-7-14-9-19)18-13(17-11)20-10-4-3-5-10/h7-10H,2-6H2,1H3,(H,15,16,17,18). The minimum atomic E-state index is 0.243. The molecule has 0 aliphatic heterocycles. The van der Waals surface area contributed by atoms with Crippen molar-refractivity contribution in [2.24, 2.45) is 0 Å². The third-order valence-corrected chi connectivity index (χ3v) is 3.20. The Morgan fingerprint density at radius 1 is 1.35 bits per heavy atom. The summed E-state index contributed by atoms with van der Waals surface area (Å²) in [5.74, 6) is 1.06. The zero-order valence-electron chi connectivity index (χ0n) is 11.5. The van der Waals surface area contributed by atoms with E-state index in [0.29, 0.717) is 17.9 Å². The Bertz CT molecular complexity index is 552. The largest absolute Gasteiger partial charge is 0.460 e. The Hall–Kier alpha value is -2.18. The van der Waals surface area contributed by atoms with Crippen molar-refractivity contribution in [2.45, 2.75) is 38.7 Å². The van der Waals surface area contributed by atoms with E-state index < -0.39 is 0 Å². The van der Waals surface area contributed by atoms with Crippen LogP contribution in [0.25, 0.3) is 5.95 Å². The van der Waals surface area contributed by atoms with Crippen LogP contribution in [0.3, 0.4) is 0 Å². The first kappa shape index (κ1) is 12.8. The molecule has 1 saturated carbocycles. The maximum atomic E-state index is 5.77. The molecule has 0 spiro atoms. The molecule has 2 aromatic rings. The SMILES string of the molecule is CCCNc1nc(OC2CCC2)nc(-n2ccnc2)n1. The first-order valence-electron chi connectivity index (χ1n) is 7.00. The Balaban J connectivity index is 1.85. The van der Waals surface area contributed by atoms with Gasteiger partial charge < -0.3 is 10.1 Å². The van der Waals surface area contributed by atoms with Crippen LogP contribution >= 0.6 is 0 Å². The summed E-state index contributed by atoms with van der Waals surface area (Å²) in [4.78, 5) is 17.0. The Labute approximate surface area is 117 Å². The van der Waals surface area contributed by atoms with E-state index in [9.17, 15) is 0 Å². The molecule has 106 valence electrons. The van der Waals surface area contributed by atoms with Crippen LogP contribution in [0.1, 0.15) is 32.6 Å². The van der Waals surface area contributed by atoms with Gasteiger partial charge >= 0.3 is 6.01 Å². The highest BCUT2D eigenvalue weighted by Crippen LogP contribution is 2.23. The normalized spacial score (nSPS) is 14.8. The molecule has 0 bridgehead atoms. The summed E-state index contributed by atoms with van der Waals surface area (Å²) in [7, 11) is 0. The molecule has 0 aromatic carbocycles. The lowest BCUT2D eigenvalue weighted by Crippen LogP contribution is -2.26. The molecule has 7 nitrogen and oxygen atoms in total. The van der Waals surface area contributed by atoms with Gasteiger partial charge in [0.25, 0.3) is 0 Å². The van der Waals surface area contributed by atoms with Gasteiger partial charge in [-0.3, -0.25) is 4.57 Å². The topological polar surface area (TPSA) is 77.8 Å². The van der Waals surface area contributed by atoms with Crippen molar-refractivity contribution in [3.8, 4) is 12.0 Å². The summed E-state index contributed by atoms with van der Waals surface area (Å²) in [5.41, 5.74) is 0. The van der Waals surface area contributed by atoms with Crippen LogP contribution in [0, 0.1) is 0 Å². The fraction of sp³-hybridized carbons (Fsp3) is 0.538. The van der Waals surface area contributed by atoms with Crippen LogP contribution in [0.4, 0.5) is 5.95 Å². The zero-order valence-corrected chi connectivity index (χ0v) is 11.5. The molecular formula is C13H18N6O. The van der Waals surface area contributed by atoms with Crippen LogP contribution < -0.4 is 10.1 Å². The first-order valence-corrected chi connectivity index (χ1v) is 7.00. The Morgan fingerprint density at radius 2 is 2.25 bits per heavy atom. The molecular weight excluding hydrogens is 256 g/mol. The number of hydrogen-bond acceptors (Lipinski definition) is 6. The molecule has 20 heavy (non-hydrogen) atoms. The maximum absolute atomic E-state index is 5.77. The average Bonchev–Trinajstić information content (AvgIpc) is 2.94. The van der Waals surface area contributed by atoms with Gasteiger partial charge in [0.15, 0.2) is 0 Å². The van der Waals surface area contributed by atoms with Crippen molar-refractivity contribution in [2.75, 3.05) is 11.9 Å². The van der Waals surface area contributed by atoms with Crippen LogP contribution in [0.2, 0.25) is 0 Å². The van der Waals surface area contributed by atoms with E-state index in [1.807, 2.05) is 0 Å². The molecule has 7 heteroatoms. The minimum Gasteiger partial charge on any atom is -0.460 e. The molecule has 0 saturated heterocycles. The van der Waals surface area contributed by atoms with Gasteiger partial charge in [-0.2, -0.15) is 15.0 Å². The molecule has 2 heterocycles. The van der Waals surface area contributed by atoms with E-state index in [2.05, 4.69) is 32.2 Å². The molecule has 0 radical (unpaired) electrons. The highest BCUT2D eigenvalue weighted by molar-refractivity contribution is 5.30. The highest BCUT2D eigenvalue weighted by atomic mass is 16.5. The van der Waals surface area contributed by atoms with Crippen molar-refractivity contribution in [1.29, 1.82) is 0 Å². The van der Waals surface area contributed by atoms with E-state index in [4.69, 9.17) is 4.74 Å². The van der Waals surface area contributed by atoms with Gasteiger partial charge in [0.05, 0.1) is 0 Å². The van der Waals surface area contributed by atoms with Crippen molar-refractivity contribution >= 4 is 5.95 Å². The van der Waals surface area contributed by atoms with E-state index in [-0.39, 0.29) is 6.10 Å². The molecule has 2 aromatic heterocycles. The zero-order chi connectivity index (χ0) is 13.8. The van der Waals surface area contributed by atoms with Gasteiger partial charge in [-0.15, -0.1) is 0 Å². The second-order valence-electron chi connectivity index (χ2n) is 4.81. The number of anilines is 1. The Morgan fingerprint density at radius 3 is 2.90 bits per heavy atom. The smallest absolute Gasteiger partial charge is 0.323 e. The van der Waals surface area contributed by atoms with Crippen molar-refractivity contribution in [1.82, 2.24) is 24.5 Å². The number of rotatable bonds is 6. The number of hydrogen-bond donors (Lipinski definition) is 1. The average molecular weight is 274 g/mol. The van der Waals surface area contributed by atoms with Crippen molar-refractivity contribution in [3.63, 3.8) is 0 Å². The number of imidazole rings is 1. The Kier molecular flexibility index (Phi) is 3.76. The minimum absolute atomic E-state index is 0.243. The van der Waals surface area contributed by atoms with Crippen LogP contribution in [0.5, 0.6) is 6.01 Å². The van der Waals surface area contributed by atoms with E-state index in [0.717, 1.165) is 25.8 Å². The van der Waals surface area contributed by atoms with Crippen LogP contribution in [-0.4, -0.2) is 37.2 Å². The number of nitrogens with zero attached hydrogens (tertiary/aromatic N) is 5. The molecule has 1 N–H and O–H groups in total. The third-order valence-electron chi connectivity index (χ3n) is 3.20. The van der Waals surface area contributed by atoms with Gasteiger partial charge in [-0.1, -0.05) is 6.92 Å². The van der Waals surface area contributed by atoms with Gasteiger partial charge in [-0.25, -0.2) is 4.98 Å². The predicted octanol–water partition coefficient (Wildman–Crippen LogP) is 1.81. The molecule has 0 unspecified atom stereocenters. The van der Waals surface area contributed by atoms with E-state index >= 15 is 0 Å². The lowest BCUT2D eigenvalue weighted by atomic mass is 9.96. The van der Waals surface area contributed by atoms with Crippen molar-refractivity contribution in [3.05, 3.63) is 18.7 Å². The summed E-state index contributed by atoms with van der Waals surface area (Å²) < 4.78 is 7.52. The number of ether oxygens (including phenoxy) is 1. The number of aromatic nitrogens is 5. The van der Waals surface area contributed by atoms with Gasteiger partial charge in [0.2, 0.25) is 11.9 Å². The van der Waals surface area contributed by atoms with Crippen LogP contribution in [-0.2, 0) is 0 Å². The summed E-state index contributed by atoms with van der Waals surface area (Å²) in [6.45, 7) is 2.91. The monoisotopic (exact) mass is 274 g/mol. The maximum Gasteiger partial charge on any atom is 0.323 e. The highest BCUT2D eigenvalue weighted by Gasteiger charge is 2.21. The summed E-state index contributed by atoms with van der Waals surface area (Å²) in [5, 5.41) is 3.17. The fourth-order valence-corrected chi connectivity index (χ4v) is 1.85. The van der Waals surface area contributed by atoms with Crippen LogP contribution in [0.15, 0.2) is 18.7 Å². The van der Waals surface area contributed by atoms with E-state index in [1.54, 1.807) is 23.3 Å². The lowest BCUT2D eigenvalue weighted by Gasteiger charge is -2.25. The second kappa shape index (κ2) is 5.85. The molecule has 1 aliphatic carbocycles. The molecule has 0 amide bonds. The van der Waals surface area contributed by atoms with Gasteiger partial charge in [-0.05, 0) is 25.7 Å². The molecule has 3 rings (SSSR count). The fourth-order valence-electron chi connectivity index (χ4n) is 1.85. The summed E-state index contributed by atoms with van der Waals surface area (Å²) >= 11 is 0. The quantitative estimate of drug-likeness (QED) is 0.865. The third kappa shape index (κ3) is 2.87. The second-order valence-corrected chi connectivity index (χ2v) is 4.81. The first-order chi connectivity index (χ1) is 9.85. The summed E-state index contributed by atoms with van der Waals surface area (Å²) in [6.07, 6.45) is 9.75. The van der Waals surface area contributed by atoms with E-state index in [1.165, 1.54) is 6.42 Å². The van der Waals surface area contributed by atoms with Crippen molar-refractivity contribution < 1.29 is 4.74 Å². The molecule has 0 atom stereocenters. The van der Waals surface area contributed by atoms with Gasteiger partial charge in [0.1, 0.15) is 12.4 Å². The number of nitrogens with one attached hydrogen (secondary N) is 1. The van der Waals surface area contributed by atoms with Gasteiger partial charge in [0, 0.05) is 18.9 Å². The molecule has 1 fully saturated rings.